The number of benzene rings is 2. The van der Waals surface area contributed by atoms with Gasteiger partial charge < -0.3 is 15.4 Å². The molecule has 1 heterocycles. The van der Waals surface area contributed by atoms with E-state index in [2.05, 4.69) is 34.1 Å². The number of urea groups is 1. The van der Waals surface area contributed by atoms with Gasteiger partial charge in [0.25, 0.3) is 0 Å². The van der Waals surface area contributed by atoms with Crippen LogP contribution in [0.4, 0.5) is 9.59 Å². The van der Waals surface area contributed by atoms with Crippen molar-refractivity contribution < 1.29 is 27.5 Å². The number of rotatable bonds is 8. The minimum absolute atomic E-state index is 0. The number of alkyl carbamates (subject to hydrolysis) is 1. The van der Waals surface area contributed by atoms with Crippen molar-refractivity contribution in [2.75, 3.05) is 13.2 Å². The van der Waals surface area contributed by atoms with Crippen molar-refractivity contribution >= 4 is 40.5 Å². The summed E-state index contributed by atoms with van der Waals surface area (Å²) in [6, 6.07) is 13.7. The zero-order valence-electron chi connectivity index (χ0n) is 22.3. The molecule has 218 valence electrons. The maximum absolute atomic E-state index is 13.4. The predicted octanol–water partition coefficient (Wildman–Crippen LogP) is 3.28. The second-order valence-electron chi connectivity index (χ2n) is 10.9. The number of hydrogen-bond acceptors (Lipinski definition) is 7. The van der Waals surface area contributed by atoms with E-state index in [0.717, 1.165) is 27.2 Å². The Hall–Kier alpha value is -3.41. The standard InChI is InChI=1S/C29H32N4O6S.ClH/c1-2-17-13-26(17)33(28(35)32-40(37,38)19-11-12-19)27(34)25-14-18(15-30-25)31-29(36)39-16-24-22-9-5-3-7-20(22)21-8-4-6-10-23(21)24;/h2-10,17-19,24-26,30H,1,11-16H2,(H,31,36)(H,32,35);1H. The molecule has 0 radical (unpaired) electrons. The van der Waals surface area contributed by atoms with Gasteiger partial charge in [-0.25, -0.2) is 22.7 Å². The Bertz CT molecular complexity index is 1430. The van der Waals surface area contributed by atoms with Gasteiger partial charge in [-0.3, -0.25) is 9.69 Å². The van der Waals surface area contributed by atoms with Crippen LogP contribution < -0.4 is 15.4 Å². The third-order valence-electron chi connectivity index (χ3n) is 8.18. The van der Waals surface area contributed by atoms with E-state index in [1.54, 1.807) is 6.08 Å². The van der Waals surface area contributed by atoms with Crippen molar-refractivity contribution in [1.29, 1.82) is 0 Å². The van der Waals surface area contributed by atoms with Crippen LogP contribution in [-0.4, -0.2) is 67.9 Å². The van der Waals surface area contributed by atoms with Crippen molar-refractivity contribution in [1.82, 2.24) is 20.3 Å². The first-order chi connectivity index (χ1) is 19.3. The molecular weight excluding hydrogens is 568 g/mol. The zero-order chi connectivity index (χ0) is 28.0. The highest BCUT2D eigenvalue weighted by atomic mass is 35.5. The number of imide groups is 1. The minimum Gasteiger partial charge on any atom is -0.449 e. The Labute approximate surface area is 245 Å². The Balaban J connectivity index is 0.00000337. The number of sulfonamides is 1. The van der Waals surface area contributed by atoms with Crippen LogP contribution in [0.5, 0.6) is 0 Å². The SMILES string of the molecule is C=CC1CC1N(C(=O)NS(=O)(=O)C1CC1)C(=O)C1CC(NC(=O)OCC2c3ccccc3-c3ccccc32)CN1.Cl. The van der Waals surface area contributed by atoms with Crippen LogP contribution in [0.2, 0.25) is 0 Å². The number of fused-ring (bicyclic) bond motifs is 3. The van der Waals surface area contributed by atoms with E-state index in [0.29, 0.717) is 25.8 Å². The molecule has 2 aromatic carbocycles. The molecule has 4 amide bonds. The summed E-state index contributed by atoms with van der Waals surface area (Å²) in [7, 11) is -3.81. The lowest BCUT2D eigenvalue weighted by atomic mass is 9.98. The normalized spacial score (nSPS) is 24.3. The van der Waals surface area contributed by atoms with Crippen LogP contribution in [0.1, 0.15) is 42.7 Å². The molecule has 6 rings (SSSR count). The molecule has 2 aromatic rings. The van der Waals surface area contributed by atoms with Crippen LogP contribution in [-0.2, 0) is 19.6 Å². The highest BCUT2D eigenvalue weighted by Gasteiger charge is 2.49. The molecule has 41 heavy (non-hydrogen) atoms. The van der Waals surface area contributed by atoms with Crippen molar-refractivity contribution in [3.05, 3.63) is 72.3 Å². The van der Waals surface area contributed by atoms with E-state index in [1.165, 1.54) is 0 Å². The summed E-state index contributed by atoms with van der Waals surface area (Å²) in [6.45, 7) is 4.22. The first-order valence-corrected chi connectivity index (χ1v) is 15.2. The predicted molar refractivity (Wildman–Crippen MR) is 155 cm³/mol. The number of halogens is 1. The molecule has 3 N–H and O–H groups in total. The molecule has 0 aromatic heterocycles. The Morgan fingerprint density at radius 3 is 2.24 bits per heavy atom. The van der Waals surface area contributed by atoms with Gasteiger partial charge in [-0.1, -0.05) is 54.6 Å². The van der Waals surface area contributed by atoms with Crippen molar-refractivity contribution in [3.63, 3.8) is 0 Å². The fourth-order valence-electron chi connectivity index (χ4n) is 5.81. The third-order valence-corrected chi connectivity index (χ3v) is 9.99. The molecule has 4 atom stereocenters. The molecule has 12 heteroatoms. The van der Waals surface area contributed by atoms with E-state index in [9.17, 15) is 22.8 Å². The van der Waals surface area contributed by atoms with Gasteiger partial charge in [0, 0.05) is 24.5 Å². The van der Waals surface area contributed by atoms with Gasteiger partial charge in [0.2, 0.25) is 15.9 Å². The lowest BCUT2D eigenvalue weighted by molar-refractivity contribution is -0.130. The van der Waals surface area contributed by atoms with Gasteiger partial charge in [0.05, 0.1) is 11.3 Å². The topological polar surface area (TPSA) is 134 Å². The minimum atomic E-state index is -3.81. The summed E-state index contributed by atoms with van der Waals surface area (Å²) in [5.41, 5.74) is 4.51. The molecular formula is C29H33ClN4O6S. The van der Waals surface area contributed by atoms with Crippen molar-refractivity contribution in [2.45, 2.75) is 55.0 Å². The van der Waals surface area contributed by atoms with Crippen LogP contribution in [0.15, 0.2) is 61.2 Å². The number of nitrogens with zero attached hydrogens (tertiary/aromatic N) is 1. The molecule has 0 bridgehead atoms. The van der Waals surface area contributed by atoms with E-state index in [-0.39, 0.29) is 43.3 Å². The van der Waals surface area contributed by atoms with Gasteiger partial charge in [-0.15, -0.1) is 19.0 Å². The molecule has 3 aliphatic carbocycles. The van der Waals surface area contributed by atoms with Crippen molar-refractivity contribution in [3.8, 4) is 11.1 Å². The summed E-state index contributed by atoms with van der Waals surface area (Å²) in [5.74, 6) is -0.659. The fourth-order valence-corrected chi connectivity index (χ4v) is 7.07. The summed E-state index contributed by atoms with van der Waals surface area (Å²) in [5, 5.41) is 5.31. The molecule has 0 spiro atoms. The van der Waals surface area contributed by atoms with E-state index in [4.69, 9.17) is 4.74 Å². The highest BCUT2D eigenvalue weighted by molar-refractivity contribution is 7.90. The quantitative estimate of drug-likeness (QED) is 0.396. The average molecular weight is 601 g/mol. The first kappa shape index (κ1) is 29.1. The Morgan fingerprint density at radius 1 is 1.02 bits per heavy atom. The maximum Gasteiger partial charge on any atom is 0.407 e. The Morgan fingerprint density at radius 2 is 1.66 bits per heavy atom. The molecule has 1 saturated heterocycles. The van der Waals surface area contributed by atoms with Crippen LogP contribution >= 0.6 is 12.4 Å². The molecule has 4 aliphatic rings. The summed E-state index contributed by atoms with van der Waals surface area (Å²) in [6.07, 6.45) is 2.87. The van der Waals surface area contributed by atoms with Gasteiger partial charge in [0.15, 0.2) is 0 Å². The molecule has 10 nitrogen and oxygen atoms in total. The van der Waals surface area contributed by atoms with Gasteiger partial charge in [-0.05, 0) is 53.9 Å². The maximum atomic E-state index is 13.4. The van der Waals surface area contributed by atoms with E-state index < -0.39 is 45.4 Å². The largest absolute Gasteiger partial charge is 0.449 e. The molecule has 1 aliphatic heterocycles. The molecule has 4 unspecified atom stereocenters. The summed E-state index contributed by atoms with van der Waals surface area (Å²) < 4.78 is 32.4. The van der Waals surface area contributed by atoms with Gasteiger partial charge in [-0.2, -0.15) is 0 Å². The lowest BCUT2D eigenvalue weighted by Crippen LogP contribution is -2.53. The summed E-state index contributed by atoms with van der Waals surface area (Å²) >= 11 is 0. The number of amides is 4. The lowest BCUT2D eigenvalue weighted by Gasteiger charge is -2.24. The first-order valence-electron chi connectivity index (χ1n) is 13.6. The molecule has 3 fully saturated rings. The number of ether oxygens (including phenoxy) is 1. The van der Waals surface area contributed by atoms with Gasteiger partial charge >= 0.3 is 12.1 Å². The monoisotopic (exact) mass is 600 g/mol. The number of carbonyl (C=O) groups excluding carboxylic acids is 3. The zero-order valence-corrected chi connectivity index (χ0v) is 24.0. The highest BCUT2D eigenvalue weighted by Crippen LogP contribution is 2.44. The van der Waals surface area contributed by atoms with Crippen LogP contribution in [0.25, 0.3) is 11.1 Å². The third kappa shape index (κ3) is 5.84. The number of carbonyl (C=O) groups is 3. The average Bonchev–Trinajstić information content (AvgIpc) is 3.86. The molecule has 2 saturated carbocycles. The van der Waals surface area contributed by atoms with Crippen LogP contribution in [0, 0.1) is 5.92 Å². The van der Waals surface area contributed by atoms with Gasteiger partial charge in [0.1, 0.15) is 6.61 Å². The second-order valence-corrected chi connectivity index (χ2v) is 12.9. The van der Waals surface area contributed by atoms with Crippen LogP contribution in [0.3, 0.4) is 0 Å². The van der Waals surface area contributed by atoms with E-state index >= 15 is 0 Å². The smallest absolute Gasteiger partial charge is 0.407 e. The van der Waals surface area contributed by atoms with E-state index in [1.807, 2.05) is 36.4 Å². The summed E-state index contributed by atoms with van der Waals surface area (Å²) in [4.78, 5) is 40.1. The fraction of sp³-hybridized carbons (Fsp3) is 0.414. The Kier molecular flexibility index (Phi) is 8.13. The second kappa shape index (κ2) is 11.5. The number of hydrogen-bond donors (Lipinski definition) is 3. The number of nitrogens with one attached hydrogen (secondary N) is 3. The van der Waals surface area contributed by atoms with Crippen molar-refractivity contribution in [2.24, 2.45) is 5.92 Å².